The summed E-state index contributed by atoms with van der Waals surface area (Å²) in [6.07, 6.45) is 0. The number of ketones is 1. The number of carbonyl (C=O) groups excluding carboxylic acids is 2. The highest BCUT2D eigenvalue weighted by Crippen LogP contribution is 2.45. The number of anilines is 1. The number of ether oxygens (including phenoxy) is 2. The monoisotopic (exact) mass is 562 g/mol. The number of aromatic nitrogens is 1. The number of benzene rings is 4. The smallest absolute Gasteiger partial charge is 0.301 e. The van der Waals surface area contributed by atoms with Crippen molar-refractivity contribution in [1.82, 2.24) is 4.98 Å². The van der Waals surface area contributed by atoms with Gasteiger partial charge in [-0.25, -0.2) is 4.98 Å². The number of aliphatic hydroxyl groups excluding tert-OH is 1. The molecule has 5 aromatic rings. The van der Waals surface area contributed by atoms with E-state index in [1.165, 1.54) is 16.2 Å². The standard InChI is InChI=1S/C33H26N2O5S/c1-20-8-10-23(11-9-20)30(36)28-29(22-12-14-24(15-13-22)40-19-21-6-4-3-5-7-21)35(32(38)31(28)37)33-34-26-17-16-25(39-2)18-27(26)41-33/h3-18,29,36H,19H2,1-2H3/b30-28+. The Morgan fingerprint density at radius 1 is 0.927 bits per heavy atom. The highest BCUT2D eigenvalue weighted by atomic mass is 32.1. The normalized spacial score (nSPS) is 16.3. The Balaban J connectivity index is 1.43. The molecule has 1 aliphatic heterocycles. The van der Waals surface area contributed by atoms with Gasteiger partial charge in [0.05, 0.1) is 28.9 Å². The van der Waals surface area contributed by atoms with Crippen molar-refractivity contribution < 1.29 is 24.2 Å². The Hall–Kier alpha value is -4.95. The molecule has 6 rings (SSSR count). The first-order valence-electron chi connectivity index (χ1n) is 13.0. The minimum Gasteiger partial charge on any atom is -0.507 e. The summed E-state index contributed by atoms with van der Waals surface area (Å²) in [5.41, 5.74) is 3.82. The van der Waals surface area contributed by atoms with E-state index in [1.54, 1.807) is 37.4 Å². The maximum absolute atomic E-state index is 13.6. The zero-order valence-corrected chi connectivity index (χ0v) is 23.2. The molecule has 41 heavy (non-hydrogen) atoms. The van der Waals surface area contributed by atoms with Crippen molar-refractivity contribution >= 4 is 44.1 Å². The summed E-state index contributed by atoms with van der Waals surface area (Å²) < 4.78 is 12.1. The molecule has 1 N–H and O–H groups in total. The molecule has 0 aliphatic carbocycles. The fourth-order valence-corrected chi connectivity index (χ4v) is 5.84. The number of thiazole rings is 1. The van der Waals surface area contributed by atoms with E-state index in [1.807, 2.05) is 73.7 Å². The van der Waals surface area contributed by atoms with Gasteiger partial charge in [-0.2, -0.15) is 0 Å². The highest BCUT2D eigenvalue weighted by Gasteiger charge is 2.48. The molecule has 204 valence electrons. The number of hydrogen-bond donors (Lipinski definition) is 1. The van der Waals surface area contributed by atoms with Crippen LogP contribution < -0.4 is 14.4 Å². The van der Waals surface area contributed by atoms with Crippen molar-refractivity contribution in [3.63, 3.8) is 0 Å². The SMILES string of the molecule is COc1ccc2nc(N3C(=O)C(=O)/C(=C(/O)c4ccc(C)cc4)C3c3ccc(OCc4ccccc4)cc3)sc2c1. The average molecular weight is 563 g/mol. The third-order valence-corrected chi connectivity index (χ3v) is 8.02. The molecular formula is C33H26N2O5S. The molecule has 1 atom stereocenters. The van der Waals surface area contributed by atoms with Crippen molar-refractivity contribution in [3.8, 4) is 11.5 Å². The lowest BCUT2D eigenvalue weighted by Gasteiger charge is -2.23. The Morgan fingerprint density at radius 3 is 2.34 bits per heavy atom. The molecule has 1 aliphatic rings. The molecule has 1 aromatic heterocycles. The van der Waals surface area contributed by atoms with Crippen molar-refractivity contribution in [2.45, 2.75) is 19.6 Å². The van der Waals surface area contributed by atoms with Crippen molar-refractivity contribution in [2.24, 2.45) is 0 Å². The number of hydrogen-bond acceptors (Lipinski definition) is 7. The Bertz CT molecular complexity index is 1780. The van der Waals surface area contributed by atoms with Gasteiger partial charge in [-0.3, -0.25) is 14.5 Å². The minimum absolute atomic E-state index is 0.00800. The van der Waals surface area contributed by atoms with Crippen LogP contribution in [0, 0.1) is 6.92 Å². The predicted molar refractivity (Wildman–Crippen MR) is 159 cm³/mol. The van der Waals surface area contributed by atoms with Crippen LogP contribution in [0.2, 0.25) is 0 Å². The molecule has 2 heterocycles. The second-order valence-electron chi connectivity index (χ2n) is 9.71. The van der Waals surface area contributed by atoms with Crippen LogP contribution in [0.25, 0.3) is 16.0 Å². The molecule has 0 bridgehead atoms. The van der Waals surface area contributed by atoms with Gasteiger partial charge in [0.25, 0.3) is 5.78 Å². The fourth-order valence-electron chi connectivity index (χ4n) is 4.82. The van der Waals surface area contributed by atoms with Gasteiger partial charge in [-0.05, 0) is 48.4 Å². The number of rotatable bonds is 7. The minimum atomic E-state index is -0.887. The maximum atomic E-state index is 13.6. The zero-order chi connectivity index (χ0) is 28.5. The number of Topliss-reactive ketones (excluding diaryl/α,β-unsaturated/α-hetero) is 1. The first-order valence-corrected chi connectivity index (χ1v) is 13.8. The second-order valence-corrected chi connectivity index (χ2v) is 10.7. The Morgan fingerprint density at radius 2 is 1.63 bits per heavy atom. The second kappa shape index (κ2) is 10.9. The van der Waals surface area contributed by atoms with Gasteiger partial charge >= 0.3 is 5.91 Å². The molecule has 0 spiro atoms. The highest BCUT2D eigenvalue weighted by molar-refractivity contribution is 7.22. The summed E-state index contributed by atoms with van der Waals surface area (Å²) >= 11 is 1.28. The van der Waals surface area contributed by atoms with Crippen LogP contribution in [-0.2, 0) is 16.2 Å². The van der Waals surface area contributed by atoms with Gasteiger partial charge in [-0.15, -0.1) is 0 Å². The van der Waals surface area contributed by atoms with E-state index in [-0.39, 0.29) is 11.3 Å². The molecule has 1 unspecified atom stereocenters. The van der Waals surface area contributed by atoms with Crippen molar-refractivity contribution in [3.05, 3.63) is 125 Å². The van der Waals surface area contributed by atoms with Gasteiger partial charge in [0.2, 0.25) is 0 Å². The molecule has 0 saturated carbocycles. The first-order chi connectivity index (χ1) is 19.9. The fraction of sp³-hybridized carbons (Fsp3) is 0.121. The molecule has 8 heteroatoms. The number of fused-ring (bicyclic) bond motifs is 1. The molecular weight excluding hydrogens is 536 g/mol. The largest absolute Gasteiger partial charge is 0.507 e. The van der Waals surface area contributed by atoms with Gasteiger partial charge < -0.3 is 14.6 Å². The third-order valence-electron chi connectivity index (χ3n) is 7.00. The topological polar surface area (TPSA) is 89.0 Å². The van der Waals surface area contributed by atoms with E-state index >= 15 is 0 Å². The summed E-state index contributed by atoms with van der Waals surface area (Å²) in [6.45, 7) is 2.34. The summed E-state index contributed by atoms with van der Waals surface area (Å²) in [4.78, 5) is 33.1. The Labute approximate surface area is 240 Å². The van der Waals surface area contributed by atoms with Crippen LogP contribution >= 0.6 is 11.3 Å². The van der Waals surface area contributed by atoms with Crippen LogP contribution in [0.5, 0.6) is 11.5 Å². The van der Waals surface area contributed by atoms with Crippen molar-refractivity contribution in [1.29, 1.82) is 0 Å². The van der Waals surface area contributed by atoms with E-state index in [9.17, 15) is 14.7 Å². The van der Waals surface area contributed by atoms with Crippen LogP contribution in [0.4, 0.5) is 5.13 Å². The van der Waals surface area contributed by atoms with Crippen LogP contribution in [0.1, 0.15) is 28.3 Å². The van der Waals surface area contributed by atoms with Crippen LogP contribution in [-0.4, -0.2) is 28.9 Å². The Kier molecular flexibility index (Phi) is 6.99. The van der Waals surface area contributed by atoms with Gasteiger partial charge in [0.15, 0.2) is 5.13 Å². The molecule has 4 aromatic carbocycles. The number of aryl methyl sites for hydroxylation is 1. The lowest BCUT2D eigenvalue weighted by atomic mass is 9.95. The lowest BCUT2D eigenvalue weighted by Crippen LogP contribution is -2.29. The van der Waals surface area contributed by atoms with Crippen molar-refractivity contribution in [2.75, 3.05) is 12.0 Å². The maximum Gasteiger partial charge on any atom is 0.301 e. The van der Waals surface area contributed by atoms with E-state index < -0.39 is 17.7 Å². The average Bonchev–Trinajstić information content (AvgIpc) is 3.54. The third kappa shape index (κ3) is 5.05. The lowest BCUT2D eigenvalue weighted by molar-refractivity contribution is -0.132. The molecule has 1 saturated heterocycles. The van der Waals surface area contributed by atoms with Gasteiger partial charge in [0, 0.05) is 5.56 Å². The number of methoxy groups -OCH3 is 1. The van der Waals surface area contributed by atoms with E-state index in [0.29, 0.717) is 39.9 Å². The number of carbonyl (C=O) groups is 2. The van der Waals surface area contributed by atoms with E-state index in [4.69, 9.17) is 9.47 Å². The van der Waals surface area contributed by atoms with E-state index in [2.05, 4.69) is 4.98 Å². The molecule has 1 fully saturated rings. The molecule has 7 nitrogen and oxygen atoms in total. The summed E-state index contributed by atoms with van der Waals surface area (Å²) in [7, 11) is 1.58. The van der Waals surface area contributed by atoms with Crippen LogP contribution in [0.15, 0.2) is 103 Å². The quantitative estimate of drug-likeness (QED) is 0.133. The number of nitrogens with zero attached hydrogens (tertiary/aromatic N) is 2. The summed E-state index contributed by atoms with van der Waals surface area (Å²) in [5, 5.41) is 11.7. The summed E-state index contributed by atoms with van der Waals surface area (Å²) in [5.74, 6) is -0.451. The number of aliphatic hydroxyl groups is 1. The summed E-state index contributed by atoms with van der Waals surface area (Å²) in [6, 6.07) is 28.8. The van der Waals surface area contributed by atoms with Gasteiger partial charge in [0.1, 0.15) is 23.9 Å². The first kappa shape index (κ1) is 26.3. The van der Waals surface area contributed by atoms with Crippen LogP contribution in [0.3, 0.4) is 0 Å². The number of amides is 1. The van der Waals surface area contributed by atoms with Gasteiger partial charge in [-0.1, -0.05) is 83.6 Å². The predicted octanol–water partition coefficient (Wildman–Crippen LogP) is 6.82. The zero-order valence-electron chi connectivity index (χ0n) is 22.4. The van der Waals surface area contributed by atoms with E-state index in [0.717, 1.165) is 15.8 Å². The molecule has 0 radical (unpaired) electrons. The molecule has 1 amide bonds.